The Hall–Kier alpha value is -2.54. The summed E-state index contributed by atoms with van der Waals surface area (Å²) in [6, 6.07) is 13.7. The summed E-state index contributed by atoms with van der Waals surface area (Å²) in [4.78, 5) is 8.68. The molecule has 208 valence electrons. The third kappa shape index (κ3) is 5.44. The Morgan fingerprint density at radius 1 is 0.923 bits per heavy atom. The third-order valence-corrected chi connectivity index (χ3v) is 9.75. The number of rotatable bonds is 7. The molecule has 2 atom stereocenters. The number of aromatic nitrogens is 1. The van der Waals surface area contributed by atoms with Crippen molar-refractivity contribution in [2.24, 2.45) is 11.8 Å². The molecule has 0 radical (unpaired) electrons. The van der Waals surface area contributed by atoms with Gasteiger partial charge >= 0.3 is 0 Å². The van der Waals surface area contributed by atoms with E-state index in [0.29, 0.717) is 12.0 Å². The Balaban J connectivity index is 1.11. The molecule has 4 aliphatic heterocycles. The molecule has 1 N–H and O–H groups in total. The van der Waals surface area contributed by atoms with E-state index < -0.39 is 0 Å². The van der Waals surface area contributed by atoms with Gasteiger partial charge in [0.25, 0.3) is 0 Å². The van der Waals surface area contributed by atoms with Crippen molar-refractivity contribution in [2.75, 3.05) is 46.4 Å². The number of hydrogen-bond donors (Lipinski definition) is 1. The number of piperidine rings is 1. The highest BCUT2D eigenvalue weighted by Gasteiger charge is 2.34. The second kappa shape index (κ2) is 11.1. The molecule has 0 aliphatic carbocycles. The molecule has 5 heterocycles. The summed E-state index contributed by atoms with van der Waals surface area (Å²) in [5.41, 5.74) is 5.55. The van der Waals surface area contributed by atoms with Crippen LogP contribution in [0.15, 0.2) is 42.6 Å². The zero-order valence-corrected chi connectivity index (χ0v) is 23.4. The number of nitrogens with zero attached hydrogens (tertiary/aromatic N) is 2. The highest BCUT2D eigenvalue weighted by atomic mass is 16.7. The number of hydrogen-bond acceptors (Lipinski definition) is 5. The van der Waals surface area contributed by atoms with Crippen LogP contribution in [0.3, 0.4) is 0 Å². The van der Waals surface area contributed by atoms with Gasteiger partial charge in [-0.05, 0) is 112 Å². The minimum absolute atomic E-state index is 0.139. The number of aryl methyl sites for hydroxylation is 1. The molecule has 39 heavy (non-hydrogen) atoms. The van der Waals surface area contributed by atoms with Crippen LogP contribution >= 0.6 is 0 Å². The van der Waals surface area contributed by atoms with Gasteiger partial charge in [0.05, 0.1) is 0 Å². The second-order valence-electron chi connectivity index (χ2n) is 12.4. The van der Waals surface area contributed by atoms with Gasteiger partial charge in [0.15, 0.2) is 11.5 Å². The Labute approximate surface area is 232 Å². The summed E-state index contributed by atoms with van der Waals surface area (Å²) >= 11 is 0. The van der Waals surface area contributed by atoms with Crippen molar-refractivity contribution in [2.45, 2.75) is 63.7 Å². The summed E-state index contributed by atoms with van der Waals surface area (Å²) in [6.45, 7) is 6.45. The second-order valence-corrected chi connectivity index (χ2v) is 12.4. The largest absolute Gasteiger partial charge is 0.451 e. The van der Waals surface area contributed by atoms with E-state index >= 15 is 0 Å². The smallest absolute Gasteiger partial charge is 0.241 e. The summed E-state index contributed by atoms with van der Waals surface area (Å²) < 4.78 is 18.5. The summed E-state index contributed by atoms with van der Waals surface area (Å²) in [7, 11) is 2.22. The molecule has 2 saturated heterocycles. The molecule has 0 spiro atoms. The lowest BCUT2D eigenvalue weighted by atomic mass is 9.87. The number of fused-ring (bicyclic) bond motifs is 3. The maximum absolute atomic E-state index is 6.47. The third-order valence-electron chi connectivity index (χ3n) is 9.75. The van der Waals surface area contributed by atoms with Crippen molar-refractivity contribution in [1.29, 1.82) is 0 Å². The number of aromatic amines is 1. The first kappa shape index (κ1) is 25.4. The standard InChI is InChI=1S/C33H43N3O3/c1-35-13-8-23(9-14-35)18-33-38-31-19-25-10-15-36(22-24-11-16-37-17-12-24)30(28(25)20-32(31)39-33)7-6-26-21-34-29-5-3-2-4-27(26)29/h2-5,19-21,23-24,30,33-34H,6-18,22H2,1H3. The fraction of sp³-hybridized carbons (Fsp3) is 0.576. The normalized spacial score (nSPS) is 24.8. The number of likely N-dealkylation sites (tertiary alicyclic amines) is 1. The number of H-pyrrole nitrogens is 1. The zero-order valence-electron chi connectivity index (χ0n) is 23.4. The Bertz CT molecular complexity index is 1270. The molecule has 6 heteroatoms. The summed E-state index contributed by atoms with van der Waals surface area (Å²) in [6.07, 6.45) is 11.2. The first-order chi connectivity index (χ1) is 19.2. The molecule has 3 aromatic rings. The Morgan fingerprint density at radius 3 is 2.56 bits per heavy atom. The predicted octanol–water partition coefficient (Wildman–Crippen LogP) is 5.96. The van der Waals surface area contributed by atoms with E-state index in [1.54, 1.807) is 0 Å². The molecular formula is C33H43N3O3. The van der Waals surface area contributed by atoms with E-state index in [1.165, 1.54) is 66.4 Å². The lowest BCUT2D eigenvalue weighted by molar-refractivity contribution is 0.0178. The first-order valence-corrected chi connectivity index (χ1v) is 15.2. The van der Waals surface area contributed by atoms with Gasteiger partial charge in [-0.25, -0.2) is 0 Å². The van der Waals surface area contributed by atoms with Crippen molar-refractivity contribution >= 4 is 10.9 Å². The van der Waals surface area contributed by atoms with Gasteiger partial charge in [-0.2, -0.15) is 0 Å². The lowest BCUT2D eigenvalue weighted by Gasteiger charge is -2.40. The van der Waals surface area contributed by atoms with Crippen molar-refractivity contribution in [3.63, 3.8) is 0 Å². The van der Waals surface area contributed by atoms with Crippen LogP contribution in [0.25, 0.3) is 10.9 Å². The van der Waals surface area contributed by atoms with E-state index in [2.05, 4.69) is 64.4 Å². The Morgan fingerprint density at radius 2 is 1.72 bits per heavy atom. The van der Waals surface area contributed by atoms with Gasteiger partial charge in [0, 0.05) is 55.9 Å². The van der Waals surface area contributed by atoms with Gasteiger partial charge in [0.1, 0.15) is 0 Å². The van der Waals surface area contributed by atoms with Gasteiger partial charge < -0.3 is 24.1 Å². The SMILES string of the molecule is CN1CCC(CC2Oc3cc4c(cc3O2)C(CCc2c[nH]c3ccccc23)N(CC2CCOCC2)CC4)CC1. The van der Waals surface area contributed by atoms with E-state index in [-0.39, 0.29) is 6.29 Å². The van der Waals surface area contributed by atoms with Crippen molar-refractivity contribution in [1.82, 2.24) is 14.8 Å². The number of nitrogens with one attached hydrogen (secondary N) is 1. The van der Waals surface area contributed by atoms with Crippen molar-refractivity contribution in [3.05, 3.63) is 59.3 Å². The molecule has 0 amide bonds. The molecule has 2 fully saturated rings. The summed E-state index contributed by atoms with van der Waals surface area (Å²) in [5, 5.41) is 1.35. The topological polar surface area (TPSA) is 50.0 Å². The lowest BCUT2D eigenvalue weighted by Crippen LogP contribution is -2.40. The molecule has 7 rings (SSSR count). The Kier molecular flexibility index (Phi) is 7.27. The van der Waals surface area contributed by atoms with E-state index in [4.69, 9.17) is 14.2 Å². The molecule has 0 bridgehead atoms. The van der Waals surface area contributed by atoms with Crippen LogP contribution in [0, 0.1) is 11.8 Å². The maximum atomic E-state index is 6.47. The maximum Gasteiger partial charge on any atom is 0.241 e. The number of ether oxygens (including phenoxy) is 3. The highest BCUT2D eigenvalue weighted by Crippen LogP contribution is 2.44. The average Bonchev–Trinajstić information content (AvgIpc) is 3.56. The van der Waals surface area contributed by atoms with Crippen molar-refractivity contribution in [3.8, 4) is 11.5 Å². The molecule has 2 unspecified atom stereocenters. The average molecular weight is 530 g/mol. The first-order valence-electron chi connectivity index (χ1n) is 15.2. The van der Waals surface area contributed by atoms with Crippen LogP contribution in [0.4, 0.5) is 0 Å². The quantitative estimate of drug-likeness (QED) is 0.410. The van der Waals surface area contributed by atoms with Crippen LogP contribution in [-0.4, -0.2) is 67.5 Å². The van der Waals surface area contributed by atoms with Crippen LogP contribution in [0.1, 0.15) is 61.3 Å². The monoisotopic (exact) mass is 529 g/mol. The zero-order chi connectivity index (χ0) is 26.2. The molecule has 2 aromatic carbocycles. The molecule has 1 aromatic heterocycles. The van der Waals surface area contributed by atoms with Crippen LogP contribution in [0.2, 0.25) is 0 Å². The van der Waals surface area contributed by atoms with Crippen molar-refractivity contribution < 1.29 is 14.2 Å². The molecule has 6 nitrogen and oxygen atoms in total. The van der Waals surface area contributed by atoms with E-state index in [1.807, 2.05) is 0 Å². The van der Waals surface area contributed by atoms with Gasteiger partial charge in [-0.3, -0.25) is 4.90 Å². The van der Waals surface area contributed by atoms with E-state index in [9.17, 15) is 0 Å². The molecular weight excluding hydrogens is 486 g/mol. The molecule has 4 aliphatic rings. The summed E-state index contributed by atoms with van der Waals surface area (Å²) in [5.74, 6) is 3.33. The van der Waals surface area contributed by atoms with E-state index in [0.717, 1.165) is 69.4 Å². The fourth-order valence-electron chi connectivity index (χ4n) is 7.37. The number of benzene rings is 2. The predicted molar refractivity (Wildman–Crippen MR) is 155 cm³/mol. The minimum atomic E-state index is -0.139. The van der Waals surface area contributed by atoms with Crippen LogP contribution < -0.4 is 9.47 Å². The fourth-order valence-corrected chi connectivity index (χ4v) is 7.37. The molecule has 0 saturated carbocycles. The van der Waals surface area contributed by atoms with Crippen LogP contribution in [-0.2, 0) is 17.6 Å². The van der Waals surface area contributed by atoms with Gasteiger partial charge in [-0.1, -0.05) is 18.2 Å². The van der Waals surface area contributed by atoms with Gasteiger partial charge in [0.2, 0.25) is 6.29 Å². The van der Waals surface area contributed by atoms with Crippen LogP contribution in [0.5, 0.6) is 11.5 Å². The highest BCUT2D eigenvalue weighted by molar-refractivity contribution is 5.83. The minimum Gasteiger partial charge on any atom is -0.451 e. The van der Waals surface area contributed by atoms with Gasteiger partial charge in [-0.15, -0.1) is 0 Å². The number of para-hydroxylation sites is 1.